The van der Waals surface area contributed by atoms with Crippen molar-refractivity contribution in [3.63, 3.8) is 0 Å². The molecule has 0 saturated heterocycles. The first-order valence-corrected chi connectivity index (χ1v) is 11.2. The Kier molecular flexibility index (Phi) is 5.12. The predicted octanol–water partition coefficient (Wildman–Crippen LogP) is 3.90. The number of aryl methyl sites for hydroxylation is 2. The molecular weight excluding hydrogens is 408 g/mol. The fraction of sp³-hybridized carbons (Fsp3) is 0.158. The minimum atomic E-state index is -3.74. The Labute approximate surface area is 172 Å². The first-order chi connectivity index (χ1) is 14.0. The van der Waals surface area contributed by atoms with Crippen LogP contribution in [0.2, 0.25) is 0 Å². The molecule has 2 aromatic heterocycles. The molecule has 0 amide bonds. The second-order valence-corrected chi connectivity index (χ2v) is 9.03. The largest absolute Gasteiger partial charge is 0.338 e. The molecule has 2 N–H and O–H groups in total. The van der Waals surface area contributed by atoms with E-state index in [-0.39, 0.29) is 10.0 Å². The van der Waals surface area contributed by atoms with E-state index in [0.29, 0.717) is 17.9 Å². The van der Waals surface area contributed by atoms with Crippen molar-refractivity contribution in [3.05, 3.63) is 59.2 Å². The van der Waals surface area contributed by atoms with Crippen molar-refractivity contribution >= 4 is 48.8 Å². The summed E-state index contributed by atoms with van der Waals surface area (Å²) in [5.74, 6) is 0.612. The van der Waals surface area contributed by atoms with Gasteiger partial charge in [0.25, 0.3) is 10.0 Å². The van der Waals surface area contributed by atoms with E-state index < -0.39 is 10.0 Å². The van der Waals surface area contributed by atoms with Gasteiger partial charge in [0.1, 0.15) is 5.01 Å². The molecule has 0 fully saturated rings. The van der Waals surface area contributed by atoms with Gasteiger partial charge < -0.3 is 5.32 Å². The van der Waals surface area contributed by atoms with Gasteiger partial charge >= 0.3 is 0 Å². The van der Waals surface area contributed by atoms with Gasteiger partial charge in [-0.25, -0.2) is 8.42 Å². The van der Waals surface area contributed by atoms with Crippen LogP contribution in [0.4, 0.5) is 16.6 Å². The van der Waals surface area contributed by atoms with E-state index in [4.69, 9.17) is 0 Å². The highest BCUT2D eigenvalue weighted by atomic mass is 32.2. The zero-order valence-corrected chi connectivity index (χ0v) is 17.4. The summed E-state index contributed by atoms with van der Waals surface area (Å²) in [5, 5.41) is 22.4. The highest BCUT2D eigenvalue weighted by Crippen LogP contribution is 2.26. The Morgan fingerprint density at radius 3 is 2.34 bits per heavy atom. The molecule has 10 heteroatoms. The van der Waals surface area contributed by atoms with Crippen molar-refractivity contribution < 1.29 is 8.42 Å². The zero-order chi connectivity index (χ0) is 20.4. The second-order valence-electron chi connectivity index (χ2n) is 6.29. The standard InChI is InChI=1S/C19H18N6O2S2/c1-3-17-22-24-19(28-17)25-29(26,27)14-10-8-13(9-11-14)20-18-16-7-5-4-6-15(16)12(2)21-23-18/h4-11H,3H2,1-2H3,(H,20,23)(H,24,25). The fourth-order valence-electron chi connectivity index (χ4n) is 2.80. The summed E-state index contributed by atoms with van der Waals surface area (Å²) in [7, 11) is -3.74. The minimum absolute atomic E-state index is 0.135. The van der Waals surface area contributed by atoms with E-state index in [1.54, 1.807) is 12.1 Å². The first kappa shape index (κ1) is 19.2. The maximum absolute atomic E-state index is 12.6. The summed E-state index contributed by atoms with van der Waals surface area (Å²) in [6.07, 6.45) is 0.705. The van der Waals surface area contributed by atoms with Gasteiger partial charge in [0.15, 0.2) is 5.82 Å². The molecule has 0 atom stereocenters. The average molecular weight is 427 g/mol. The number of sulfonamides is 1. The van der Waals surface area contributed by atoms with E-state index >= 15 is 0 Å². The third kappa shape index (κ3) is 4.03. The number of nitrogens with one attached hydrogen (secondary N) is 2. The van der Waals surface area contributed by atoms with Gasteiger partial charge in [-0.2, -0.15) is 5.10 Å². The van der Waals surface area contributed by atoms with E-state index in [1.165, 1.54) is 23.5 Å². The minimum Gasteiger partial charge on any atom is -0.338 e. The summed E-state index contributed by atoms with van der Waals surface area (Å²) in [6.45, 7) is 3.85. The molecule has 0 aliphatic rings. The highest BCUT2D eigenvalue weighted by molar-refractivity contribution is 7.93. The maximum atomic E-state index is 12.6. The summed E-state index contributed by atoms with van der Waals surface area (Å²) in [4.78, 5) is 0.135. The van der Waals surface area contributed by atoms with Crippen molar-refractivity contribution in [2.24, 2.45) is 0 Å². The van der Waals surface area contributed by atoms with Gasteiger partial charge in [-0.15, -0.1) is 15.3 Å². The quantitative estimate of drug-likeness (QED) is 0.481. The number of anilines is 3. The van der Waals surface area contributed by atoms with Crippen LogP contribution in [0.25, 0.3) is 10.8 Å². The van der Waals surface area contributed by atoms with Crippen LogP contribution in [0.3, 0.4) is 0 Å². The molecule has 8 nitrogen and oxygen atoms in total. The Morgan fingerprint density at radius 2 is 1.66 bits per heavy atom. The molecule has 0 aliphatic carbocycles. The van der Waals surface area contributed by atoms with E-state index in [0.717, 1.165) is 21.5 Å². The Balaban J connectivity index is 1.56. The van der Waals surface area contributed by atoms with Crippen LogP contribution in [0.1, 0.15) is 17.6 Å². The predicted molar refractivity (Wildman–Crippen MR) is 114 cm³/mol. The lowest BCUT2D eigenvalue weighted by molar-refractivity contribution is 0.601. The fourth-order valence-corrected chi connectivity index (χ4v) is 4.71. The van der Waals surface area contributed by atoms with Gasteiger partial charge in [-0.3, -0.25) is 4.72 Å². The number of fused-ring (bicyclic) bond motifs is 1. The molecule has 2 heterocycles. The van der Waals surface area contributed by atoms with E-state index in [9.17, 15) is 8.42 Å². The lowest BCUT2D eigenvalue weighted by atomic mass is 10.1. The second kappa shape index (κ2) is 7.72. The molecule has 4 rings (SSSR count). The average Bonchev–Trinajstić information content (AvgIpc) is 3.17. The topological polar surface area (TPSA) is 110 Å². The van der Waals surface area contributed by atoms with Crippen LogP contribution in [-0.4, -0.2) is 28.8 Å². The lowest BCUT2D eigenvalue weighted by Gasteiger charge is -2.10. The van der Waals surface area contributed by atoms with Crippen molar-refractivity contribution in [3.8, 4) is 0 Å². The van der Waals surface area contributed by atoms with Crippen LogP contribution in [0.15, 0.2) is 53.4 Å². The van der Waals surface area contributed by atoms with Crippen LogP contribution in [0, 0.1) is 6.92 Å². The van der Waals surface area contributed by atoms with Crippen LogP contribution >= 0.6 is 11.3 Å². The first-order valence-electron chi connectivity index (χ1n) is 8.90. The molecule has 0 saturated carbocycles. The molecule has 0 bridgehead atoms. The number of benzene rings is 2. The summed E-state index contributed by atoms with van der Waals surface area (Å²) in [5.41, 5.74) is 1.55. The smallest absolute Gasteiger partial charge is 0.263 e. The van der Waals surface area contributed by atoms with Crippen molar-refractivity contribution in [1.29, 1.82) is 0 Å². The normalized spacial score (nSPS) is 11.5. The number of nitrogens with zero attached hydrogens (tertiary/aromatic N) is 4. The van der Waals surface area contributed by atoms with Gasteiger partial charge in [-0.1, -0.05) is 42.5 Å². The van der Waals surface area contributed by atoms with Crippen LogP contribution in [-0.2, 0) is 16.4 Å². The molecule has 2 aromatic carbocycles. The molecule has 0 spiro atoms. The lowest BCUT2D eigenvalue weighted by Crippen LogP contribution is -2.12. The van der Waals surface area contributed by atoms with Crippen LogP contribution < -0.4 is 10.0 Å². The SMILES string of the molecule is CCc1nnc(NS(=O)(=O)c2ccc(Nc3nnc(C)c4ccccc34)cc2)s1. The number of rotatable bonds is 6. The van der Waals surface area contributed by atoms with Crippen molar-refractivity contribution in [1.82, 2.24) is 20.4 Å². The maximum Gasteiger partial charge on any atom is 0.263 e. The van der Waals surface area contributed by atoms with E-state index in [2.05, 4.69) is 30.4 Å². The van der Waals surface area contributed by atoms with Gasteiger partial charge in [0.2, 0.25) is 5.13 Å². The van der Waals surface area contributed by atoms with Crippen LogP contribution in [0.5, 0.6) is 0 Å². The number of hydrogen-bond donors (Lipinski definition) is 2. The summed E-state index contributed by atoms with van der Waals surface area (Å²) >= 11 is 1.22. The monoisotopic (exact) mass is 426 g/mol. The number of hydrogen-bond acceptors (Lipinski definition) is 8. The van der Waals surface area contributed by atoms with Gasteiger partial charge in [0, 0.05) is 16.5 Å². The Morgan fingerprint density at radius 1 is 0.931 bits per heavy atom. The van der Waals surface area contributed by atoms with Crippen molar-refractivity contribution in [2.45, 2.75) is 25.2 Å². The molecule has 0 aliphatic heterocycles. The summed E-state index contributed by atoms with van der Waals surface area (Å²) < 4.78 is 27.6. The molecule has 0 radical (unpaired) electrons. The molecule has 29 heavy (non-hydrogen) atoms. The van der Waals surface area contributed by atoms with E-state index in [1.807, 2.05) is 38.1 Å². The van der Waals surface area contributed by atoms with Gasteiger partial charge in [0.05, 0.1) is 10.6 Å². The molecule has 148 valence electrons. The highest BCUT2D eigenvalue weighted by Gasteiger charge is 2.17. The third-order valence-corrected chi connectivity index (χ3v) is 6.76. The van der Waals surface area contributed by atoms with Crippen molar-refractivity contribution in [2.75, 3.05) is 10.0 Å². The Hall–Kier alpha value is -3.11. The third-order valence-electron chi connectivity index (χ3n) is 4.29. The molecule has 4 aromatic rings. The molecular formula is C19H18N6O2S2. The Bertz CT molecular complexity index is 1270. The summed E-state index contributed by atoms with van der Waals surface area (Å²) in [6, 6.07) is 14.3. The zero-order valence-electron chi connectivity index (χ0n) is 15.7. The molecule has 0 unspecified atom stereocenters. The van der Waals surface area contributed by atoms with Gasteiger partial charge in [-0.05, 0) is 37.6 Å². The number of aromatic nitrogens is 4.